The van der Waals surface area contributed by atoms with E-state index in [9.17, 15) is 0 Å². The van der Waals surface area contributed by atoms with Gasteiger partial charge in [-0.3, -0.25) is 0 Å². The molecule has 0 bridgehead atoms. The van der Waals surface area contributed by atoms with Crippen molar-refractivity contribution in [2.75, 3.05) is 0 Å². The molecule has 0 saturated heterocycles. The van der Waals surface area contributed by atoms with Crippen LogP contribution in [0.25, 0.3) is 0 Å². The van der Waals surface area contributed by atoms with Crippen LogP contribution < -0.4 is 42.4 Å². The van der Waals surface area contributed by atoms with Crippen LogP contribution in [0, 0.1) is 0 Å². The quantitative estimate of drug-likeness (QED) is 0.430. The van der Waals surface area contributed by atoms with Gasteiger partial charge in [-0.25, -0.2) is 0 Å². The Balaban J connectivity index is 0. The fourth-order valence-electron chi connectivity index (χ4n) is 3.22. The van der Waals surface area contributed by atoms with E-state index in [4.69, 9.17) is 0 Å². The predicted molar refractivity (Wildman–Crippen MR) is 82.8 cm³/mol. The van der Waals surface area contributed by atoms with Crippen LogP contribution in [0.4, 0.5) is 0 Å². The average Bonchev–Trinajstić information content (AvgIpc) is 2.77. The van der Waals surface area contributed by atoms with E-state index >= 15 is 0 Å². The molecule has 1 aromatic rings. The van der Waals surface area contributed by atoms with Gasteiger partial charge < -0.3 is 37.2 Å². The minimum absolute atomic E-state index is 0. The van der Waals surface area contributed by atoms with Crippen molar-refractivity contribution in [1.29, 1.82) is 0 Å². The van der Waals surface area contributed by atoms with Gasteiger partial charge in [-0.05, 0) is 0 Å². The number of hydrogen-bond donors (Lipinski definition) is 0. The minimum atomic E-state index is -1.53. The van der Waals surface area contributed by atoms with E-state index in [1.54, 1.807) is 19.8 Å². The molecule has 0 nitrogen and oxygen atoms in total. The van der Waals surface area contributed by atoms with E-state index in [1.807, 2.05) is 0 Å². The van der Waals surface area contributed by atoms with E-state index in [-0.39, 0.29) is 37.2 Å². The van der Waals surface area contributed by atoms with Crippen LogP contribution in [0.2, 0.25) is 12.6 Å². The maximum absolute atomic E-state index is 2.57. The van der Waals surface area contributed by atoms with Gasteiger partial charge in [0.25, 0.3) is 0 Å². The first kappa shape index (κ1) is 24.7. The normalized spacial score (nSPS) is 16.0. The Morgan fingerprint density at radius 2 is 1.68 bits per heavy atom. The first-order valence-electron chi connectivity index (χ1n) is 7.27. The van der Waals surface area contributed by atoms with Gasteiger partial charge in [0, 0.05) is 0 Å². The van der Waals surface area contributed by atoms with Gasteiger partial charge >= 0.3 is 130 Å². The second-order valence-electron chi connectivity index (χ2n) is 5.75. The molecule has 1 atom stereocenters. The van der Waals surface area contributed by atoms with E-state index in [1.165, 1.54) is 25.3 Å². The standard InChI is InChI=1S/C17H23Si.3ClH.Ti/c1-4-5-14-18(3,16-11-7-6-8-12-16)17-13-9-10-15(17)2;;;;/h6-8,10-12H,4-5,9,14H2,1-3H3;3*1H;/q;;;;+3/p-3. The number of halogens is 3. The number of hydrogen-bond acceptors (Lipinski definition) is 0. The second kappa shape index (κ2) is 11.1. The molecule has 0 heterocycles. The summed E-state index contributed by atoms with van der Waals surface area (Å²) in [5, 5.41) is 3.33. The fourth-order valence-corrected chi connectivity index (χ4v) is 9.53. The average molecular weight is 410 g/mol. The Hall–Kier alpha value is 0.501. The summed E-state index contributed by atoms with van der Waals surface area (Å²) in [6, 6.07) is 12.6. The summed E-state index contributed by atoms with van der Waals surface area (Å²) in [5.41, 5.74) is 1.55. The number of rotatable bonds is 5. The molecule has 0 saturated carbocycles. The fraction of sp³-hybridized carbons (Fsp3) is 0.412. The molecular weight excluding hydrogens is 386 g/mol. The molecule has 22 heavy (non-hydrogen) atoms. The van der Waals surface area contributed by atoms with E-state index in [0.717, 1.165) is 0 Å². The zero-order valence-corrected chi connectivity index (χ0v) is 18.3. The van der Waals surface area contributed by atoms with Crippen molar-refractivity contribution in [2.24, 2.45) is 0 Å². The zero-order valence-electron chi connectivity index (χ0n) is 13.4. The third kappa shape index (κ3) is 5.26. The minimum Gasteiger partial charge on any atom is -1.00 e. The molecular formula is C17H23Cl3SiTi. The Kier molecular flexibility index (Phi) is 12.5. The molecule has 120 valence electrons. The number of allylic oxidation sites excluding steroid dienone is 4. The molecule has 1 aromatic carbocycles. The second-order valence-corrected chi connectivity index (χ2v) is 10.9. The van der Waals surface area contributed by atoms with Crippen molar-refractivity contribution in [2.45, 2.75) is 45.7 Å². The van der Waals surface area contributed by atoms with Gasteiger partial charge in [0.15, 0.2) is 0 Å². The maximum Gasteiger partial charge on any atom is -1.00 e. The van der Waals surface area contributed by atoms with Gasteiger partial charge in [0.2, 0.25) is 0 Å². The van der Waals surface area contributed by atoms with Crippen LogP contribution in [0.1, 0.15) is 33.1 Å². The summed E-state index contributed by atoms with van der Waals surface area (Å²) < 4.78 is 1.62. The molecule has 0 spiro atoms. The van der Waals surface area contributed by atoms with Crippen LogP contribution in [0.3, 0.4) is 0 Å². The molecule has 5 heteroatoms. The van der Waals surface area contributed by atoms with Gasteiger partial charge in [0.05, 0.1) is 0 Å². The van der Waals surface area contributed by atoms with Gasteiger partial charge in [-0.1, -0.05) is 0 Å². The molecule has 0 fully saturated rings. The molecule has 0 N–H and O–H groups in total. The van der Waals surface area contributed by atoms with E-state index in [2.05, 4.69) is 77.2 Å². The smallest absolute Gasteiger partial charge is 1.00 e. The molecule has 0 amide bonds. The summed E-state index contributed by atoms with van der Waals surface area (Å²) in [6.07, 6.45) is 6.24. The van der Waals surface area contributed by atoms with Crippen molar-refractivity contribution >= 4 is 13.3 Å². The molecule has 0 radical (unpaired) electrons. The van der Waals surface area contributed by atoms with Gasteiger partial charge in [-0.2, -0.15) is 0 Å². The molecule has 1 aliphatic carbocycles. The van der Waals surface area contributed by atoms with E-state index < -0.39 is 8.07 Å². The number of unbranched alkanes of at least 4 members (excludes halogenated alkanes) is 1. The first-order valence-corrected chi connectivity index (χ1v) is 10.8. The predicted octanol–water partition coefficient (Wildman–Crippen LogP) is -4.53. The maximum atomic E-state index is 2.57. The van der Waals surface area contributed by atoms with E-state index in [0.29, 0.717) is 0 Å². The summed E-state index contributed by atoms with van der Waals surface area (Å²) in [6.45, 7) is 7.18. The van der Waals surface area contributed by atoms with Crippen molar-refractivity contribution in [1.82, 2.24) is 0 Å². The van der Waals surface area contributed by atoms with Crippen molar-refractivity contribution in [3.05, 3.63) is 51.1 Å². The molecule has 2 rings (SSSR count). The topological polar surface area (TPSA) is 0 Å². The third-order valence-electron chi connectivity index (χ3n) is 4.30. The van der Waals surface area contributed by atoms with Crippen molar-refractivity contribution in [3.8, 4) is 0 Å². The summed E-state index contributed by atoms with van der Waals surface area (Å²) in [7, 11) is -1.53. The number of benzene rings is 1. The van der Waals surface area contributed by atoms with Gasteiger partial charge in [-0.15, -0.1) is 0 Å². The summed E-state index contributed by atoms with van der Waals surface area (Å²) in [4.78, 5) is 0. The molecule has 0 aliphatic heterocycles. The van der Waals surface area contributed by atoms with Crippen LogP contribution in [-0.2, 0) is 20.4 Å². The molecule has 1 unspecified atom stereocenters. The van der Waals surface area contributed by atoms with Crippen LogP contribution in [-0.4, -0.2) is 8.07 Å². The Morgan fingerprint density at radius 3 is 2.14 bits per heavy atom. The monoisotopic (exact) mass is 408 g/mol. The Morgan fingerprint density at radius 1 is 1.09 bits per heavy atom. The Bertz CT molecular complexity index is 514. The van der Waals surface area contributed by atoms with Crippen LogP contribution in [0.15, 0.2) is 51.1 Å². The summed E-state index contributed by atoms with van der Waals surface area (Å²) in [5.74, 6) is 0. The van der Waals surface area contributed by atoms with Crippen LogP contribution >= 0.6 is 0 Å². The van der Waals surface area contributed by atoms with Crippen molar-refractivity contribution < 1.29 is 57.7 Å². The summed E-state index contributed by atoms with van der Waals surface area (Å²) >= 11 is 2.34. The SMILES string of the molecule is CCCC[Si](C)(C1=[C]([Ti+3])CC=C1C)c1ccccc1.[Cl-].[Cl-].[Cl-]. The largest absolute Gasteiger partial charge is 1.00 e. The molecule has 1 aliphatic rings. The third-order valence-corrected chi connectivity index (χ3v) is 10.2. The Labute approximate surface area is 166 Å². The van der Waals surface area contributed by atoms with Crippen LogP contribution in [0.5, 0.6) is 0 Å². The molecule has 0 aromatic heterocycles. The zero-order chi connectivity index (χ0) is 13.9. The first-order chi connectivity index (χ1) is 9.09. The van der Waals surface area contributed by atoms with Gasteiger partial charge in [0.1, 0.15) is 0 Å². The van der Waals surface area contributed by atoms with Crippen molar-refractivity contribution in [3.63, 3.8) is 0 Å².